The number of aromatic nitrogens is 6. The molecule has 4 unspecified atom stereocenters. The van der Waals surface area contributed by atoms with Gasteiger partial charge in [0.1, 0.15) is 11.6 Å². The molecule has 0 amide bonds. The van der Waals surface area contributed by atoms with Crippen molar-refractivity contribution < 1.29 is 4.74 Å². The lowest BCUT2D eigenvalue weighted by atomic mass is 9.81. The lowest BCUT2D eigenvalue weighted by Gasteiger charge is -2.60. The van der Waals surface area contributed by atoms with E-state index in [0.717, 1.165) is 59.2 Å². The summed E-state index contributed by atoms with van der Waals surface area (Å²) < 4.78 is 6.21. The summed E-state index contributed by atoms with van der Waals surface area (Å²) in [7, 11) is 0. The molecule has 5 atom stereocenters. The number of rotatable bonds is 6. The minimum absolute atomic E-state index is 0.0221. The summed E-state index contributed by atoms with van der Waals surface area (Å²) >= 11 is 0. The summed E-state index contributed by atoms with van der Waals surface area (Å²) in [5, 5.41) is 8.68. The Balaban J connectivity index is 0.944. The highest BCUT2D eigenvalue weighted by molar-refractivity contribution is 5.90. The smallest absolute Gasteiger partial charge is 0.227 e. The number of nitrogen functional groups attached to an aromatic ring is 2. The fourth-order valence-electron chi connectivity index (χ4n) is 8.49. The van der Waals surface area contributed by atoms with E-state index in [9.17, 15) is 0 Å². The van der Waals surface area contributed by atoms with Crippen molar-refractivity contribution in [3.63, 3.8) is 0 Å². The molecule has 0 aliphatic carbocycles. The zero-order valence-electron chi connectivity index (χ0n) is 25.8. The topological polar surface area (TPSA) is 169 Å². The van der Waals surface area contributed by atoms with Crippen molar-refractivity contribution >= 4 is 45.6 Å². The Bertz CT molecular complexity index is 1800. The zero-order valence-corrected chi connectivity index (χ0v) is 25.8. The van der Waals surface area contributed by atoms with E-state index in [1.54, 1.807) is 0 Å². The molecule has 0 radical (unpaired) electrons. The molecule has 8 heterocycles. The first-order valence-corrected chi connectivity index (χ1v) is 15.7. The van der Waals surface area contributed by atoms with Crippen LogP contribution in [0.3, 0.4) is 0 Å². The third-order valence-corrected chi connectivity index (χ3v) is 10.2. The summed E-state index contributed by atoms with van der Waals surface area (Å²) in [5.41, 5.74) is 18.0. The van der Waals surface area contributed by atoms with Crippen LogP contribution >= 0.6 is 0 Å². The van der Waals surface area contributed by atoms with Crippen LogP contribution in [0.25, 0.3) is 22.1 Å². The predicted molar refractivity (Wildman–Crippen MR) is 170 cm³/mol. The van der Waals surface area contributed by atoms with E-state index in [-0.39, 0.29) is 17.8 Å². The fourth-order valence-corrected chi connectivity index (χ4v) is 8.49. The Kier molecular flexibility index (Phi) is 6.30. The largest absolute Gasteiger partial charge is 0.383 e. The normalized spacial score (nSPS) is 28.4. The summed E-state index contributed by atoms with van der Waals surface area (Å²) in [6.07, 6.45) is 4.62. The summed E-state index contributed by atoms with van der Waals surface area (Å²) in [6.45, 7) is 11.1. The zero-order chi connectivity index (χ0) is 30.3. The van der Waals surface area contributed by atoms with Crippen LogP contribution in [0.15, 0.2) is 12.1 Å². The SMILES string of the molecule is Cc1cc(C)c2c(N)nc(NC[C@@H]3CN(C45CCC6CC(Nc7nc(N)c8c(C)cc(C)nc8n7)C(C4)N65)CCO3)nc2n1. The molecule has 4 aliphatic heterocycles. The molecule has 8 rings (SSSR count). The Morgan fingerprint density at radius 2 is 1.57 bits per heavy atom. The van der Waals surface area contributed by atoms with Crippen molar-refractivity contribution in [1.29, 1.82) is 0 Å². The summed E-state index contributed by atoms with van der Waals surface area (Å²) in [4.78, 5) is 33.2. The van der Waals surface area contributed by atoms with E-state index in [4.69, 9.17) is 21.2 Å². The molecular weight excluding hydrogens is 556 g/mol. The van der Waals surface area contributed by atoms with E-state index in [2.05, 4.69) is 45.4 Å². The summed E-state index contributed by atoms with van der Waals surface area (Å²) in [5.74, 6) is 1.99. The molecule has 0 spiro atoms. The van der Waals surface area contributed by atoms with E-state index >= 15 is 0 Å². The number of pyridine rings is 2. The molecule has 13 heteroatoms. The van der Waals surface area contributed by atoms with Gasteiger partial charge in [0.25, 0.3) is 0 Å². The average Bonchev–Trinajstić information content (AvgIpc) is 3.37. The highest BCUT2D eigenvalue weighted by atomic mass is 16.5. The molecule has 4 fully saturated rings. The second-order valence-electron chi connectivity index (χ2n) is 13.1. The number of aryl methyl sites for hydroxylation is 4. The van der Waals surface area contributed by atoms with E-state index in [0.29, 0.717) is 60.1 Å². The second kappa shape index (κ2) is 10.0. The first kappa shape index (κ1) is 27.6. The molecule has 0 bridgehead atoms. The maximum Gasteiger partial charge on any atom is 0.227 e. The van der Waals surface area contributed by atoms with Crippen LogP contribution in [0, 0.1) is 27.7 Å². The first-order valence-electron chi connectivity index (χ1n) is 15.7. The number of anilines is 4. The van der Waals surface area contributed by atoms with Crippen LogP contribution in [0.5, 0.6) is 0 Å². The Morgan fingerprint density at radius 1 is 0.909 bits per heavy atom. The van der Waals surface area contributed by atoms with E-state index < -0.39 is 0 Å². The quantitative estimate of drug-likeness (QED) is 0.256. The van der Waals surface area contributed by atoms with Gasteiger partial charge < -0.3 is 26.8 Å². The van der Waals surface area contributed by atoms with Crippen molar-refractivity contribution in [1.82, 2.24) is 39.7 Å². The van der Waals surface area contributed by atoms with Crippen molar-refractivity contribution in [2.45, 2.75) is 83.3 Å². The number of fused-ring (bicyclic) bond motifs is 2. The van der Waals surface area contributed by atoms with Gasteiger partial charge in [-0.15, -0.1) is 0 Å². The van der Waals surface area contributed by atoms with E-state index in [1.165, 1.54) is 12.8 Å². The van der Waals surface area contributed by atoms with Crippen molar-refractivity contribution in [2.75, 3.05) is 48.3 Å². The number of hydrogen-bond donors (Lipinski definition) is 4. The fraction of sp³-hybridized carbons (Fsp3) is 0.548. The standard InChI is InChI=1S/C31H40N12O/c1-15-9-17(3)35-27-23(15)25(32)38-29(40-27)34-13-20-14-42(7-8-44-20)31-6-5-19-11-21(22(12-31)43(19)31)37-30-39-26(33)24-16(2)10-18(4)36-28(24)41-30/h9-10,19-22H,5-8,11-14H2,1-4H3,(H3,32,34,35,38,40)(H3,33,36,37,39,41)/t19?,20-,21?,22?,31?/m1/s1. The van der Waals surface area contributed by atoms with Crippen molar-refractivity contribution in [2.24, 2.45) is 0 Å². The molecule has 230 valence electrons. The molecule has 4 aromatic heterocycles. The third-order valence-electron chi connectivity index (χ3n) is 10.2. The number of morpholine rings is 1. The number of ether oxygens (including phenoxy) is 1. The third kappa shape index (κ3) is 4.32. The van der Waals surface area contributed by atoms with Crippen molar-refractivity contribution in [3.05, 3.63) is 34.6 Å². The Labute approximate surface area is 256 Å². The molecule has 13 nitrogen and oxygen atoms in total. The van der Waals surface area contributed by atoms with E-state index in [1.807, 2.05) is 39.8 Å². The number of nitrogens with zero attached hydrogens (tertiary/aromatic N) is 8. The predicted octanol–water partition coefficient (Wildman–Crippen LogP) is 2.69. The summed E-state index contributed by atoms with van der Waals surface area (Å²) in [6, 6.07) is 5.31. The average molecular weight is 597 g/mol. The van der Waals surface area contributed by atoms with Gasteiger partial charge in [-0.3, -0.25) is 9.80 Å². The van der Waals surface area contributed by atoms with Gasteiger partial charge in [0.2, 0.25) is 11.9 Å². The number of hydrogen-bond acceptors (Lipinski definition) is 13. The van der Waals surface area contributed by atoms with Gasteiger partial charge in [-0.1, -0.05) is 0 Å². The molecule has 44 heavy (non-hydrogen) atoms. The van der Waals surface area contributed by atoms with Gasteiger partial charge in [0.05, 0.1) is 29.1 Å². The minimum Gasteiger partial charge on any atom is -0.383 e. The van der Waals surface area contributed by atoms with Gasteiger partial charge in [-0.2, -0.15) is 19.9 Å². The van der Waals surface area contributed by atoms with Crippen LogP contribution in [-0.2, 0) is 4.74 Å². The molecule has 4 aliphatic rings. The highest BCUT2D eigenvalue weighted by Gasteiger charge is 2.66. The first-order chi connectivity index (χ1) is 21.2. The van der Waals surface area contributed by atoms with Crippen LogP contribution in [-0.4, -0.2) is 95.8 Å². The Morgan fingerprint density at radius 3 is 2.27 bits per heavy atom. The maximum absolute atomic E-state index is 6.37. The number of nitrogens with two attached hydrogens (primary N) is 2. The second-order valence-corrected chi connectivity index (χ2v) is 13.1. The monoisotopic (exact) mass is 596 g/mol. The Hall–Kier alpha value is -3.94. The lowest BCUT2D eigenvalue weighted by Crippen LogP contribution is -2.73. The van der Waals surface area contributed by atoms with Gasteiger partial charge in [0, 0.05) is 49.1 Å². The van der Waals surface area contributed by atoms with Gasteiger partial charge in [-0.05, 0) is 76.6 Å². The van der Waals surface area contributed by atoms with Crippen LogP contribution < -0.4 is 22.1 Å². The highest BCUT2D eigenvalue weighted by Crippen LogP contribution is 2.57. The molecule has 4 saturated heterocycles. The van der Waals surface area contributed by atoms with Crippen LogP contribution in [0.4, 0.5) is 23.5 Å². The molecule has 4 aromatic rings. The van der Waals surface area contributed by atoms with Crippen LogP contribution in [0.1, 0.15) is 48.2 Å². The van der Waals surface area contributed by atoms with Crippen molar-refractivity contribution in [3.8, 4) is 0 Å². The van der Waals surface area contributed by atoms with Crippen LogP contribution in [0.2, 0.25) is 0 Å². The lowest BCUT2D eigenvalue weighted by molar-refractivity contribution is -0.179. The minimum atomic E-state index is 0.0221. The molecule has 0 aromatic carbocycles. The van der Waals surface area contributed by atoms with Gasteiger partial charge >= 0.3 is 0 Å². The maximum atomic E-state index is 6.37. The number of nitrogens with one attached hydrogen (secondary N) is 2. The van der Waals surface area contributed by atoms with Gasteiger partial charge in [0.15, 0.2) is 11.3 Å². The molecular formula is C31H40N12O. The van der Waals surface area contributed by atoms with Gasteiger partial charge in [-0.25, -0.2) is 9.97 Å². The molecule has 0 saturated carbocycles. The molecule has 6 N–H and O–H groups in total.